The monoisotopic (exact) mass is 451 g/mol. The molecule has 0 spiro atoms. The van der Waals surface area contributed by atoms with Crippen molar-refractivity contribution in [3.63, 3.8) is 0 Å². The maximum absolute atomic E-state index is 13.0. The Bertz CT molecular complexity index is 954. The molecule has 178 valence electrons. The number of amides is 3. The van der Waals surface area contributed by atoms with Gasteiger partial charge in [0.2, 0.25) is 11.8 Å². The van der Waals surface area contributed by atoms with Crippen LogP contribution in [0.25, 0.3) is 0 Å². The zero-order chi connectivity index (χ0) is 23.2. The number of hydrogen-bond acceptors (Lipinski definition) is 4. The van der Waals surface area contributed by atoms with Crippen molar-refractivity contribution < 1.29 is 14.4 Å². The number of imide groups is 1. The lowest BCUT2D eigenvalue weighted by atomic mass is 9.65. The fourth-order valence-corrected chi connectivity index (χ4v) is 6.42. The molecule has 0 aromatic heterocycles. The van der Waals surface area contributed by atoms with Crippen LogP contribution in [0.1, 0.15) is 93.1 Å². The standard InChI is InChI=1S/C27H37N3O3/c1-17(27(2)12-5-13-27)28-22-7-4-3-6-19(22)14-18-8-9-21-20(15-18)16-30(26(21)33)23-10-11-24(31)29-25(23)32/h8-9,15,17,19,22-23,28H,3-7,10-14,16H2,1-2H3,(H,29,31,32)/t17-,19+,22-,23?/m0/s1. The van der Waals surface area contributed by atoms with Gasteiger partial charge >= 0.3 is 0 Å². The number of benzene rings is 1. The maximum atomic E-state index is 13.0. The number of hydrogen-bond donors (Lipinski definition) is 2. The highest BCUT2D eigenvalue weighted by atomic mass is 16.2. The van der Waals surface area contributed by atoms with Gasteiger partial charge in [-0.25, -0.2) is 0 Å². The minimum atomic E-state index is -0.549. The molecule has 3 fully saturated rings. The Kier molecular flexibility index (Phi) is 6.06. The molecule has 2 aliphatic heterocycles. The molecule has 0 radical (unpaired) electrons. The molecule has 3 amide bonds. The largest absolute Gasteiger partial charge is 0.322 e. The zero-order valence-electron chi connectivity index (χ0n) is 20.0. The molecule has 1 aromatic carbocycles. The summed E-state index contributed by atoms with van der Waals surface area (Å²) in [7, 11) is 0. The third-order valence-electron chi connectivity index (χ3n) is 9.00. The van der Waals surface area contributed by atoms with Gasteiger partial charge in [-0.2, -0.15) is 0 Å². The van der Waals surface area contributed by atoms with E-state index in [9.17, 15) is 14.4 Å². The summed E-state index contributed by atoms with van der Waals surface area (Å²) >= 11 is 0. The third-order valence-corrected chi connectivity index (χ3v) is 9.00. The lowest BCUT2D eigenvalue weighted by Crippen LogP contribution is -2.52. The van der Waals surface area contributed by atoms with Crippen molar-refractivity contribution in [2.24, 2.45) is 11.3 Å². The van der Waals surface area contributed by atoms with Crippen LogP contribution in [0.15, 0.2) is 18.2 Å². The molecule has 6 heteroatoms. The van der Waals surface area contributed by atoms with Crippen LogP contribution < -0.4 is 10.6 Å². The summed E-state index contributed by atoms with van der Waals surface area (Å²) in [5, 5.41) is 6.39. The Hall–Kier alpha value is -2.21. The normalized spacial score (nSPS) is 29.9. The van der Waals surface area contributed by atoms with E-state index in [1.807, 2.05) is 6.07 Å². The minimum Gasteiger partial charge on any atom is -0.322 e. The van der Waals surface area contributed by atoms with Crippen LogP contribution in [-0.4, -0.2) is 40.7 Å². The van der Waals surface area contributed by atoms with Crippen LogP contribution in [-0.2, 0) is 22.6 Å². The summed E-state index contributed by atoms with van der Waals surface area (Å²) in [5.74, 6) is -0.0749. The van der Waals surface area contributed by atoms with E-state index in [0.29, 0.717) is 41.9 Å². The predicted molar refractivity (Wildman–Crippen MR) is 126 cm³/mol. The molecule has 1 saturated heterocycles. The zero-order valence-corrected chi connectivity index (χ0v) is 20.0. The first kappa shape index (κ1) is 22.6. The van der Waals surface area contributed by atoms with Crippen molar-refractivity contribution >= 4 is 17.7 Å². The number of fused-ring (bicyclic) bond motifs is 1. The molecule has 2 N–H and O–H groups in total. The lowest BCUT2D eigenvalue weighted by Gasteiger charge is -2.47. The first-order valence-electron chi connectivity index (χ1n) is 12.9. The lowest BCUT2D eigenvalue weighted by molar-refractivity contribution is -0.136. The number of carbonyl (C=O) groups is 3. The summed E-state index contributed by atoms with van der Waals surface area (Å²) in [4.78, 5) is 38.4. The molecule has 1 unspecified atom stereocenters. The second kappa shape index (κ2) is 8.86. The highest BCUT2D eigenvalue weighted by Gasteiger charge is 2.40. The topological polar surface area (TPSA) is 78.5 Å². The average Bonchev–Trinajstić information content (AvgIpc) is 3.09. The molecule has 0 bridgehead atoms. The van der Waals surface area contributed by atoms with Gasteiger partial charge in [0, 0.05) is 30.6 Å². The minimum absolute atomic E-state index is 0.0918. The first-order valence-corrected chi connectivity index (χ1v) is 12.9. The van der Waals surface area contributed by atoms with Crippen LogP contribution >= 0.6 is 0 Å². The predicted octanol–water partition coefficient (Wildman–Crippen LogP) is 3.72. The first-order chi connectivity index (χ1) is 15.8. The fraction of sp³-hybridized carbons (Fsp3) is 0.667. The summed E-state index contributed by atoms with van der Waals surface area (Å²) in [6.45, 7) is 5.25. The Morgan fingerprint density at radius 2 is 1.91 bits per heavy atom. The summed E-state index contributed by atoms with van der Waals surface area (Å²) in [5.41, 5.74) is 3.45. The third kappa shape index (κ3) is 4.34. The van der Waals surface area contributed by atoms with E-state index in [0.717, 1.165) is 12.0 Å². The fourth-order valence-electron chi connectivity index (χ4n) is 6.42. The number of rotatable bonds is 6. The van der Waals surface area contributed by atoms with Crippen molar-refractivity contribution in [3.8, 4) is 0 Å². The quantitative estimate of drug-likeness (QED) is 0.646. The highest BCUT2D eigenvalue weighted by molar-refractivity contribution is 6.05. The van der Waals surface area contributed by atoms with Gasteiger partial charge in [-0.05, 0) is 74.0 Å². The second-order valence-corrected chi connectivity index (χ2v) is 11.1. The molecule has 4 atom stereocenters. The van der Waals surface area contributed by atoms with Gasteiger partial charge in [-0.15, -0.1) is 0 Å². The number of nitrogens with one attached hydrogen (secondary N) is 2. The molecule has 5 rings (SSSR count). The molecule has 33 heavy (non-hydrogen) atoms. The summed E-state index contributed by atoms with van der Waals surface area (Å²) in [6, 6.07) is 6.79. The van der Waals surface area contributed by atoms with Gasteiger partial charge in [0.25, 0.3) is 5.91 Å². The maximum Gasteiger partial charge on any atom is 0.255 e. The van der Waals surface area contributed by atoms with E-state index in [4.69, 9.17) is 0 Å². The number of carbonyl (C=O) groups excluding carboxylic acids is 3. The van der Waals surface area contributed by atoms with Crippen LogP contribution in [0.3, 0.4) is 0 Å². The van der Waals surface area contributed by atoms with Crippen LogP contribution in [0, 0.1) is 11.3 Å². The molecule has 2 heterocycles. The summed E-state index contributed by atoms with van der Waals surface area (Å²) in [6.07, 6.45) is 10.8. The Balaban J connectivity index is 1.26. The smallest absolute Gasteiger partial charge is 0.255 e. The van der Waals surface area contributed by atoms with Gasteiger partial charge < -0.3 is 10.2 Å². The van der Waals surface area contributed by atoms with Gasteiger partial charge in [-0.3, -0.25) is 19.7 Å². The molecule has 6 nitrogen and oxygen atoms in total. The van der Waals surface area contributed by atoms with Crippen LogP contribution in [0.4, 0.5) is 0 Å². The molecule has 2 aliphatic carbocycles. The van der Waals surface area contributed by atoms with Crippen molar-refractivity contribution in [2.45, 2.75) is 103 Å². The van der Waals surface area contributed by atoms with Gasteiger partial charge in [-0.1, -0.05) is 38.3 Å². The molecule has 1 aromatic rings. The molecule has 4 aliphatic rings. The van der Waals surface area contributed by atoms with E-state index < -0.39 is 6.04 Å². The van der Waals surface area contributed by atoms with Crippen molar-refractivity contribution in [3.05, 3.63) is 34.9 Å². The SMILES string of the molecule is C[C@H](N[C@H]1CCCC[C@@H]1Cc1ccc2c(c1)CN(C1CCC(=O)NC1=O)C2=O)C1(C)CCC1. The second-order valence-electron chi connectivity index (χ2n) is 11.1. The Morgan fingerprint density at radius 3 is 2.64 bits per heavy atom. The Morgan fingerprint density at radius 1 is 1.12 bits per heavy atom. The van der Waals surface area contributed by atoms with Gasteiger partial charge in [0.1, 0.15) is 6.04 Å². The molecule has 2 saturated carbocycles. The number of piperidine rings is 1. The van der Waals surface area contributed by atoms with Gasteiger partial charge in [0.15, 0.2) is 0 Å². The van der Waals surface area contributed by atoms with E-state index in [2.05, 4.69) is 36.6 Å². The van der Waals surface area contributed by atoms with E-state index >= 15 is 0 Å². The van der Waals surface area contributed by atoms with Crippen molar-refractivity contribution in [2.75, 3.05) is 0 Å². The van der Waals surface area contributed by atoms with E-state index in [1.54, 1.807) is 4.90 Å². The Labute approximate surface area is 196 Å². The number of nitrogens with zero attached hydrogens (tertiary/aromatic N) is 1. The van der Waals surface area contributed by atoms with Crippen LogP contribution in [0.5, 0.6) is 0 Å². The van der Waals surface area contributed by atoms with Crippen molar-refractivity contribution in [1.29, 1.82) is 0 Å². The summed E-state index contributed by atoms with van der Waals surface area (Å²) < 4.78 is 0. The highest BCUT2D eigenvalue weighted by Crippen LogP contribution is 2.44. The molecular formula is C27H37N3O3. The van der Waals surface area contributed by atoms with Gasteiger partial charge in [0.05, 0.1) is 0 Å². The molecular weight excluding hydrogens is 414 g/mol. The van der Waals surface area contributed by atoms with E-state index in [-0.39, 0.29) is 24.1 Å². The van der Waals surface area contributed by atoms with E-state index in [1.165, 1.54) is 50.5 Å². The van der Waals surface area contributed by atoms with Crippen molar-refractivity contribution in [1.82, 2.24) is 15.5 Å². The average molecular weight is 452 g/mol. The van der Waals surface area contributed by atoms with Crippen LogP contribution in [0.2, 0.25) is 0 Å².